The Hall–Kier alpha value is -1.78. The minimum absolute atomic E-state index is 0.177. The predicted molar refractivity (Wildman–Crippen MR) is 127 cm³/mol. The number of aromatic nitrogens is 1. The number of piperidine rings is 1. The van der Waals surface area contributed by atoms with Crippen molar-refractivity contribution in [3.63, 3.8) is 0 Å². The Labute approximate surface area is 198 Å². The van der Waals surface area contributed by atoms with Gasteiger partial charge < -0.3 is 15.0 Å². The number of nitrogens with one attached hydrogen (secondary N) is 3. The average Bonchev–Trinajstić information content (AvgIpc) is 3.54. The van der Waals surface area contributed by atoms with Crippen LogP contribution in [0.1, 0.15) is 79.2 Å². The van der Waals surface area contributed by atoms with Gasteiger partial charge in [-0.05, 0) is 50.7 Å². The van der Waals surface area contributed by atoms with E-state index in [1.165, 1.54) is 30.6 Å². The SMILES string of the molecule is O=C(NNC(=S)NCC1CCCO1)c1csc(C2CCN(C(=O)C3CCCCC3)CC2)n1. The molecule has 1 aromatic heterocycles. The van der Waals surface area contributed by atoms with Crippen LogP contribution in [0.5, 0.6) is 0 Å². The van der Waals surface area contributed by atoms with Gasteiger partial charge in [0.1, 0.15) is 5.69 Å². The summed E-state index contributed by atoms with van der Waals surface area (Å²) >= 11 is 6.72. The first-order valence-electron chi connectivity index (χ1n) is 11.8. The number of thiazole rings is 1. The predicted octanol–water partition coefficient (Wildman–Crippen LogP) is 2.72. The van der Waals surface area contributed by atoms with Crippen LogP contribution in [0.15, 0.2) is 5.38 Å². The number of carbonyl (C=O) groups excluding carboxylic acids is 2. The van der Waals surface area contributed by atoms with Crippen molar-refractivity contribution in [2.45, 2.75) is 69.8 Å². The first kappa shape index (κ1) is 23.4. The lowest BCUT2D eigenvalue weighted by Crippen LogP contribution is -2.48. The van der Waals surface area contributed by atoms with Gasteiger partial charge in [-0.3, -0.25) is 20.4 Å². The number of ether oxygens (including phenoxy) is 1. The highest BCUT2D eigenvalue weighted by molar-refractivity contribution is 7.80. The van der Waals surface area contributed by atoms with Crippen molar-refractivity contribution >= 4 is 40.5 Å². The number of hydrogen-bond acceptors (Lipinski definition) is 6. The molecule has 10 heteroatoms. The first-order valence-corrected chi connectivity index (χ1v) is 13.1. The third-order valence-electron chi connectivity index (χ3n) is 6.67. The minimum Gasteiger partial charge on any atom is -0.376 e. The Kier molecular flexibility index (Phi) is 8.31. The highest BCUT2D eigenvalue weighted by atomic mass is 32.1. The maximum Gasteiger partial charge on any atom is 0.289 e. The van der Waals surface area contributed by atoms with Crippen LogP contribution in [0.3, 0.4) is 0 Å². The number of hydrazine groups is 1. The molecular formula is C22H33N5O3S2. The normalized spacial score (nSPS) is 22.5. The van der Waals surface area contributed by atoms with E-state index in [9.17, 15) is 9.59 Å². The molecule has 2 amide bonds. The molecule has 2 saturated heterocycles. The summed E-state index contributed by atoms with van der Waals surface area (Å²) in [4.78, 5) is 31.8. The maximum absolute atomic E-state index is 12.8. The van der Waals surface area contributed by atoms with E-state index >= 15 is 0 Å². The Morgan fingerprint density at radius 2 is 1.88 bits per heavy atom. The number of rotatable bonds is 5. The number of thiocarbonyl (C=S) groups is 1. The molecule has 1 unspecified atom stereocenters. The van der Waals surface area contributed by atoms with Gasteiger partial charge in [-0.25, -0.2) is 4.98 Å². The second-order valence-electron chi connectivity index (χ2n) is 8.93. The quantitative estimate of drug-likeness (QED) is 0.441. The second-order valence-corrected chi connectivity index (χ2v) is 10.2. The Morgan fingerprint density at radius 3 is 2.59 bits per heavy atom. The van der Waals surface area contributed by atoms with Gasteiger partial charge in [0.25, 0.3) is 5.91 Å². The van der Waals surface area contributed by atoms with Crippen LogP contribution in [-0.2, 0) is 9.53 Å². The molecule has 176 valence electrons. The molecule has 4 rings (SSSR count). The fourth-order valence-corrected chi connectivity index (χ4v) is 5.87. The number of likely N-dealkylation sites (tertiary alicyclic amines) is 1. The number of amides is 2. The molecule has 3 aliphatic rings. The van der Waals surface area contributed by atoms with E-state index in [1.54, 1.807) is 5.38 Å². The van der Waals surface area contributed by atoms with Crippen LogP contribution in [0.4, 0.5) is 0 Å². The lowest BCUT2D eigenvalue weighted by Gasteiger charge is -2.34. The smallest absolute Gasteiger partial charge is 0.289 e. The molecule has 0 radical (unpaired) electrons. The zero-order valence-electron chi connectivity index (χ0n) is 18.4. The average molecular weight is 480 g/mol. The second kappa shape index (κ2) is 11.4. The van der Waals surface area contributed by atoms with E-state index in [4.69, 9.17) is 17.0 Å². The number of hydrogen-bond donors (Lipinski definition) is 3. The Balaban J connectivity index is 1.19. The van der Waals surface area contributed by atoms with Gasteiger partial charge in [-0.1, -0.05) is 19.3 Å². The van der Waals surface area contributed by atoms with Crippen molar-refractivity contribution in [3.05, 3.63) is 16.1 Å². The van der Waals surface area contributed by atoms with E-state index in [0.29, 0.717) is 29.2 Å². The highest BCUT2D eigenvalue weighted by Crippen LogP contribution is 2.32. The standard InChI is InChI=1S/C22H33N5O3S2/c28-19(25-26-22(31)23-13-17-7-4-12-30-17)18-14-32-20(24-18)15-8-10-27(11-9-15)21(29)16-5-2-1-3-6-16/h14-17H,1-13H2,(H,25,28)(H2,23,26,31). The van der Waals surface area contributed by atoms with E-state index < -0.39 is 0 Å². The molecule has 1 atom stereocenters. The first-order chi connectivity index (χ1) is 15.6. The molecule has 0 spiro atoms. The van der Waals surface area contributed by atoms with Gasteiger partial charge >= 0.3 is 0 Å². The Morgan fingerprint density at radius 1 is 1.09 bits per heavy atom. The van der Waals surface area contributed by atoms with E-state index in [2.05, 4.69) is 21.2 Å². The summed E-state index contributed by atoms with van der Waals surface area (Å²) in [6.07, 6.45) is 9.81. The summed E-state index contributed by atoms with van der Waals surface area (Å²) in [7, 11) is 0. The van der Waals surface area contributed by atoms with Gasteiger partial charge in [0.15, 0.2) is 5.11 Å². The van der Waals surface area contributed by atoms with Crippen LogP contribution in [-0.4, -0.2) is 59.2 Å². The van der Waals surface area contributed by atoms with Gasteiger partial charge in [0.05, 0.1) is 11.1 Å². The van der Waals surface area contributed by atoms with Crippen molar-refractivity contribution in [2.75, 3.05) is 26.2 Å². The monoisotopic (exact) mass is 479 g/mol. The summed E-state index contributed by atoms with van der Waals surface area (Å²) in [5, 5.41) is 6.17. The van der Waals surface area contributed by atoms with Crippen molar-refractivity contribution in [1.82, 2.24) is 26.1 Å². The highest BCUT2D eigenvalue weighted by Gasteiger charge is 2.30. The minimum atomic E-state index is -0.307. The Bertz CT molecular complexity index is 797. The lowest BCUT2D eigenvalue weighted by molar-refractivity contribution is -0.137. The largest absolute Gasteiger partial charge is 0.376 e. The van der Waals surface area contributed by atoms with Gasteiger partial charge in [-0.15, -0.1) is 11.3 Å². The molecule has 2 aliphatic heterocycles. The third-order valence-corrected chi connectivity index (χ3v) is 7.92. The van der Waals surface area contributed by atoms with Crippen LogP contribution in [0, 0.1) is 5.92 Å². The summed E-state index contributed by atoms with van der Waals surface area (Å²) in [5.41, 5.74) is 5.72. The van der Waals surface area contributed by atoms with Crippen molar-refractivity contribution < 1.29 is 14.3 Å². The van der Waals surface area contributed by atoms with Gasteiger partial charge in [0.2, 0.25) is 5.91 Å². The van der Waals surface area contributed by atoms with Crippen molar-refractivity contribution in [2.24, 2.45) is 5.92 Å². The molecule has 8 nitrogen and oxygen atoms in total. The van der Waals surface area contributed by atoms with Crippen LogP contribution >= 0.6 is 23.6 Å². The zero-order chi connectivity index (χ0) is 22.3. The molecule has 3 heterocycles. The molecule has 0 bridgehead atoms. The molecule has 32 heavy (non-hydrogen) atoms. The van der Waals surface area contributed by atoms with Gasteiger partial charge in [-0.2, -0.15) is 0 Å². The molecule has 3 fully saturated rings. The number of nitrogens with zero attached hydrogens (tertiary/aromatic N) is 2. The molecule has 1 saturated carbocycles. The third kappa shape index (κ3) is 6.17. The van der Waals surface area contributed by atoms with Crippen molar-refractivity contribution in [3.8, 4) is 0 Å². The summed E-state index contributed by atoms with van der Waals surface area (Å²) in [6.45, 7) is 3.00. The summed E-state index contributed by atoms with van der Waals surface area (Å²) in [5.74, 6) is 0.574. The van der Waals surface area contributed by atoms with Crippen LogP contribution in [0.25, 0.3) is 0 Å². The topological polar surface area (TPSA) is 95.6 Å². The van der Waals surface area contributed by atoms with Crippen LogP contribution < -0.4 is 16.2 Å². The maximum atomic E-state index is 12.8. The molecular weight excluding hydrogens is 446 g/mol. The summed E-state index contributed by atoms with van der Waals surface area (Å²) in [6, 6.07) is 0. The fourth-order valence-electron chi connectivity index (χ4n) is 4.77. The van der Waals surface area contributed by atoms with E-state index in [-0.39, 0.29) is 17.9 Å². The number of carbonyl (C=O) groups is 2. The zero-order valence-corrected chi connectivity index (χ0v) is 20.1. The van der Waals surface area contributed by atoms with E-state index in [0.717, 1.165) is 63.2 Å². The van der Waals surface area contributed by atoms with Crippen LogP contribution in [0.2, 0.25) is 0 Å². The molecule has 1 aromatic rings. The van der Waals surface area contributed by atoms with Gasteiger partial charge in [0, 0.05) is 43.5 Å². The summed E-state index contributed by atoms with van der Waals surface area (Å²) < 4.78 is 5.54. The van der Waals surface area contributed by atoms with Crippen molar-refractivity contribution in [1.29, 1.82) is 0 Å². The lowest BCUT2D eigenvalue weighted by atomic mass is 9.87. The molecule has 0 aromatic carbocycles. The molecule has 1 aliphatic carbocycles. The fraction of sp³-hybridized carbons (Fsp3) is 0.727. The van der Waals surface area contributed by atoms with E-state index in [1.807, 2.05) is 4.90 Å². The molecule has 3 N–H and O–H groups in total.